The lowest BCUT2D eigenvalue weighted by molar-refractivity contribution is -0.144. The first-order chi connectivity index (χ1) is 9.69. The highest BCUT2D eigenvalue weighted by Crippen LogP contribution is 2.25. The van der Waals surface area contributed by atoms with Crippen LogP contribution in [0.2, 0.25) is 0 Å². The Morgan fingerprint density at radius 1 is 1.20 bits per heavy atom. The van der Waals surface area contributed by atoms with Crippen molar-refractivity contribution in [3.63, 3.8) is 0 Å². The van der Waals surface area contributed by atoms with Crippen LogP contribution < -0.4 is 0 Å². The lowest BCUT2D eigenvalue weighted by atomic mass is 9.88. The van der Waals surface area contributed by atoms with Crippen LogP contribution in [0.3, 0.4) is 0 Å². The molecule has 116 valence electrons. The molecule has 20 heavy (non-hydrogen) atoms. The molecule has 1 fully saturated rings. The predicted octanol–water partition coefficient (Wildman–Crippen LogP) is 1.73. The van der Waals surface area contributed by atoms with Gasteiger partial charge in [0, 0.05) is 25.6 Å². The summed E-state index contributed by atoms with van der Waals surface area (Å²) in [7, 11) is 0. The maximum atomic E-state index is 12.5. The zero-order valence-electron chi connectivity index (χ0n) is 12.5. The highest BCUT2D eigenvalue weighted by molar-refractivity contribution is 5.79. The Kier molecular flexibility index (Phi) is 8.26. The van der Waals surface area contributed by atoms with E-state index >= 15 is 0 Å². The van der Waals surface area contributed by atoms with Crippen molar-refractivity contribution in [1.82, 2.24) is 4.90 Å². The van der Waals surface area contributed by atoms with Crippen molar-refractivity contribution in [3.8, 4) is 0 Å². The molecule has 0 saturated heterocycles. The molecule has 1 aliphatic rings. The van der Waals surface area contributed by atoms with E-state index < -0.39 is 0 Å². The molecule has 5 heteroatoms. The van der Waals surface area contributed by atoms with Gasteiger partial charge in [-0.3, -0.25) is 9.59 Å². The maximum Gasteiger partial charge on any atom is 0.307 e. The van der Waals surface area contributed by atoms with Gasteiger partial charge in [-0.15, -0.1) is 0 Å². The van der Waals surface area contributed by atoms with Crippen molar-refractivity contribution in [3.05, 3.63) is 0 Å². The first kappa shape index (κ1) is 17.0. The molecule has 1 rings (SSSR count). The average molecular weight is 285 g/mol. The number of amides is 1. The summed E-state index contributed by atoms with van der Waals surface area (Å²) in [5, 5.41) is 8.94. The minimum Gasteiger partial charge on any atom is -0.466 e. The summed E-state index contributed by atoms with van der Waals surface area (Å²) in [5.74, 6) is -0.0231. The van der Waals surface area contributed by atoms with Crippen LogP contribution in [0.5, 0.6) is 0 Å². The third-order valence-electron chi connectivity index (χ3n) is 3.74. The van der Waals surface area contributed by atoms with Crippen molar-refractivity contribution < 1.29 is 19.4 Å². The van der Waals surface area contributed by atoms with Crippen molar-refractivity contribution in [2.24, 2.45) is 5.92 Å². The Hall–Kier alpha value is -1.10. The molecule has 0 bridgehead atoms. The number of hydrogen-bond acceptors (Lipinski definition) is 4. The largest absolute Gasteiger partial charge is 0.466 e. The van der Waals surface area contributed by atoms with Crippen LogP contribution in [0.1, 0.15) is 51.9 Å². The van der Waals surface area contributed by atoms with Crippen LogP contribution in [0.4, 0.5) is 0 Å². The molecule has 1 aliphatic carbocycles. The molecule has 0 unspecified atom stereocenters. The minimum atomic E-state index is -0.266. The standard InChI is InChI=1S/C15H27NO4/c1-2-20-14(18)9-11-16(10-6-12-17)15(19)13-7-4-3-5-8-13/h13,17H,2-12H2,1H3. The van der Waals surface area contributed by atoms with Crippen LogP contribution in [-0.2, 0) is 14.3 Å². The molecule has 0 aromatic rings. The first-order valence-electron chi connectivity index (χ1n) is 7.74. The second-order valence-corrected chi connectivity index (χ2v) is 5.29. The predicted molar refractivity (Wildman–Crippen MR) is 76.1 cm³/mol. The average Bonchev–Trinajstić information content (AvgIpc) is 2.48. The van der Waals surface area contributed by atoms with Gasteiger partial charge in [-0.2, -0.15) is 0 Å². The molecule has 5 nitrogen and oxygen atoms in total. The summed E-state index contributed by atoms with van der Waals surface area (Å²) in [5.41, 5.74) is 0. The fraction of sp³-hybridized carbons (Fsp3) is 0.867. The van der Waals surface area contributed by atoms with Gasteiger partial charge in [0.15, 0.2) is 0 Å². The topological polar surface area (TPSA) is 66.8 Å². The number of rotatable bonds is 8. The van der Waals surface area contributed by atoms with Crippen LogP contribution in [0, 0.1) is 5.92 Å². The fourth-order valence-electron chi connectivity index (χ4n) is 2.66. The number of aliphatic hydroxyl groups excluding tert-OH is 1. The van der Waals surface area contributed by atoms with Crippen LogP contribution in [-0.4, -0.2) is 48.2 Å². The molecule has 0 radical (unpaired) electrons. The van der Waals surface area contributed by atoms with Crippen molar-refractivity contribution in [1.29, 1.82) is 0 Å². The van der Waals surface area contributed by atoms with Crippen molar-refractivity contribution in [2.45, 2.75) is 51.9 Å². The summed E-state index contributed by atoms with van der Waals surface area (Å²) in [6.45, 7) is 3.12. The van der Waals surface area contributed by atoms with Gasteiger partial charge < -0.3 is 14.7 Å². The van der Waals surface area contributed by atoms with Gasteiger partial charge in [-0.05, 0) is 26.2 Å². The number of ether oxygens (including phenoxy) is 1. The van der Waals surface area contributed by atoms with E-state index in [2.05, 4.69) is 0 Å². The highest BCUT2D eigenvalue weighted by Gasteiger charge is 2.26. The second-order valence-electron chi connectivity index (χ2n) is 5.29. The molecule has 0 atom stereocenters. The van der Waals surface area contributed by atoms with Gasteiger partial charge in [0.1, 0.15) is 0 Å². The van der Waals surface area contributed by atoms with E-state index in [1.165, 1.54) is 6.42 Å². The molecular formula is C15H27NO4. The number of esters is 1. The summed E-state index contributed by atoms with van der Waals surface area (Å²) in [4.78, 5) is 25.6. The van der Waals surface area contributed by atoms with E-state index in [9.17, 15) is 9.59 Å². The third-order valence-corrected chi connectivity index (χ3v) is 3.74. The Morgan fingerprint density at radius 2 is 1.90 bits per heavy atom. The Balaban J connectivity index is 2.48. The van der Waals surface area contributed by atoms with E-state index in [-0.39, 0.29) is 30.8 Å². The van der Waals surface area contributed by atoms with Gasteiger partial charge in [-0.1, -0.05) is 19.3 Å². The van der Waals surface area contributed by atoms with E-state index in [1.807, 2.05) is 0 Å². The summed E-state index contributed by atoms with van der Waals surface area (Å²) >= 11 is 0. The number of carbonyl (C=O) groups excluding carboxylic acids is 2. The number of aliphatic hydroxyl groups is 1. The lowest BCUT2D eigenvalue weighted by Crippen LogP contribution is -2.39. The Morgan fingerprint density at radius 3 is 2.50 bits per heavy atom. The zero-order chi connectivity index (χ0) is 14.8. The molecule has 0 aromatic heterocycles. The summed E-state index contributed by atoms with van der Waals surface area (Å²) in [6, 6.07) is 0. The van der Waals surface area contributed by atoms with Crippen LogP contribution >= 0.6 is 0 Å². The minimum absolute atomic E-state index is 0.0633. The Bertz CT molecular complexity index is 300. The van der Waals surface area contributed by atoms with Gasteiger partial charge in [-0.25, -0.2) is 0 Å². The monoisotopic (exact) mass is 285 g/mol. The SMILES string of the molecule is CCOC(=O)CCN(CCCO)C(=O)C1CCCCC1. The molecule has 1 amide bonds. The van der Waals surface area contributed by atoms with Gasteiger partial charge in [0.25, 0.3) is 0 Å². The lowest BCUT2D eigenvalue weighted by Gasteiger charge is -2.29. The number of hydrogen-bond donors (Lipinski definition) is 1. The zero-order valence-corrected chi connectivity index (χ0v) is 12.5. The highest BCUT2D eigenvalue weighted by atomic mass is 16.5. The fourth-order valence-corrected chi connectivity index (χ4v) is 2.66. The van der Waals surface area contributed by atoms with Gasteiger partial charge in [0.2, 0.25) is 5.91 Å². The van der Waals surface area contributed by atoms with Crippen LogP contribution in [0.25, 0.3) is 0 Å². The molecule has 0 heterocycles. The summed E-state index contributed by atoms with van der Waals surface area (Å²) in [6.07, 6.45) is 6.13. The quantitative estimate of drug-likeness (QED) is 0.690. The third kappa shape index (κ3) is 5.90. The maximum absolute atomic E-state index is 12.5. The molecular weight excluding hydrogens is 258 g/mol. The molecule has 0 aromatic carbocycles. The van der Waals surface area contributed by atoms with Gasteiger partial charge in [0.05, 0.1) is 13.0 Å². The number of carbonyl (C=O) groups is 2. The molecule has 0 aliphatic heterocycles. The van der Waals surface area contributed by atoms with E-state index in [1.54, 1.807) is 11.8 Å². The summed E-state index contributed by atoms with van der Waals surface area (Å²) < 4.78 is 4.90. The number of nitrogens with zero attached hydrogens (tertiary/aromatic N) is 1. The van der Waals surface area contributed by atoms with Crippen molar-refractivity contribution >= 4 is 11.9 Å². The normalized spacial score (nSPS) is 15.9. The van der Waals surface area contributed by atoms with Gasteiger partial charge >= 0.3 is 5.97 Å². The Labute approximate surface area is 121 Å². The molecule has 1 N–H and O–H groups in total. The molecule has 0 spiro atoms. The first-order valence-corrected chi connectivity index (χ1v) is 7.74. The van der Waals surface area contributed by atoms with E-state index in [0.717, 1.165) is 25.7 Å². The molecule has 1 saturated carbocycles. The van der Waals surface area contributed by atoms with Crippen molar-refractivity contribution in [2.75, 3.05) is 26.3 Å². The van der Waals surface area contributed by atoms with E-state index in [4.69, 9.17) is 9.84 Å². The van der Waals surface area contributed by atoms with Crippen LogP contribution in [0.15, 0.2) is 0 Å². The van der Waals surface area contributed by atoms with E-state index in [0.29, 0.717) is 26.1 Å². The smallest absolute Gasteiger partial charge is 0.307 e. The second kappa shape index (κ2) is 9.75.